The van der Waals surface area contributed by atoms with E-state index in [1.54, 1.807) is 55.5 Å². The molecule has 0 aromatic carbocycles. The number of nitrogens with zero attached hydrogens (tertiary/aromatic N) is 3. The molecule has 3 aliphatic rings. The fraction of sp³-hybridized carbons (Fsp3) is 0.864. The maximum Gasteiger partial charge on any atom is 0.418 e. The molecule has 0 amide bonds. The van der Waals surface area contributed by atoms with Crippen LogP contribution in [0.15, 0.2) is 18.5 Å². The smallest absolute Gasteiger partial charge is 0.418 e. The average molecular weight is 894 g/mol. The van der Waals surface area contributed by atoms with Crippen LogP contribution in [-0.2, 0) is 39.4 Å². The second-order valence-corrected chi connectivity index (χ2v) is 19.2. The van der Waals surface area contributed by atoms with E-state index in [0.29, 0.717) is 19.2 Å². The van der Waals surface area contributed by atoms with Gasteiger partial charge in [-0.1, -0.05) is 20.8 Å². The lowest BCUT2D eigenvalue weighted by molar-refractivity contribution is -0.316. The molecule has 1 aromatic heterocycles. The SMILES string of the molecule is CC[C@H]1OC(=O)[C@H](C)[C@@H](O[C@H]2C[C@@](C)(OC)[C@@H](O)[C@H](C)O2)[C@H](C)[C@@H](O[C@@H]2O[C@H](C)C[C@H](N(C)C)[C@H]2Oc2cncc(C(F)(F)F)c2)[C@](C)(O)C[C@@H](C)CN(C)[C@H](C)[C@@H](O)[C@]1(C)O. The molecule has 4 N–H and O–H groups in total. The molecule has 0 bridgehead atoms. The number of ether oxygens (including phenoxy) is 7. The minimum atomic E-state index is -4.68. The van der Waals surface area contributed by atoms with Gasteiger partial charge in [0.25, 0.3) is 0 Å². The van der Waals surface area contributed by atoms with E-state index in [1.807, 2.05) is 37.7 Å². The third-order valence-electron chi connectivity index (χ3n) is 13.5. The summed E-state index contributed by atoms with van der Waals surface area (Å²) in [6, 6.07) is -0.202. The van der Waals surface area contributed by atoms with E-state index < -0.39 is 120 Å². The number of pyridine rings is 1. The van der Waals surface area contributed by atoms with Crippen molar-refractivity contribution in [1.82, 2.24) is 14.8 Å². The number of carbonyl (C=O) groups excluding carboxylic acids is 1. The molecule has 4 heterocycles. The summed E-state index contributed by atoms with van der Waals surface area (Å²) in [6.45, 7) is 17.4. The van der Waals surface area contributed by atoms with Gasteiger partial charge in [0.1, 0.15) is 29.7 Å². The second-order valence-electron chi connectivity index (χ2n) is 19.2. The van der Waals surface area contributed by atoms with Crippen LogP contribution in [0.1, 0.15) is 100 Å². The summed E-state index contributed by atoms with van der Waals surface area (Å²) in [5, 5.41) is 47.3. The van der Waals surface area contributed by atoms with Crippen LogP contribution in [0.25, 0.3) is 0 Å². The third kappa shape index (κ3) is 12.0. The highest BCUT2D eigenvalue weighted by atomic mass is 19.4. The first kappa shape index (κ1) is 52.4. The zero-order valence-electron chi connectivity index (χ0n) is 39.0. The first-order valence-corrected chi connectivity index (χ1v) is 21.8. The topological polar surface area (TPSA) is 182 Å². The molecule has 62 heavy (non-hydrogen) atoms. The van der Waals surface area contributed by atoms with E-state index in [-0.39, 0.29) is 30.9 Å². The van der Waals surface area contributed by atoms with Crippen molar-refractivity contribution in [2.24, 2.45) is 17.8 Å². The summed E-state index contributed by atoms with van der Waals surface area (Å²) in [6.07, 6.45) is -12.5. The molecule has 18 heteroatoms. The Morgan fingerprint density at radius 3 is 2.19 bits per heavy atom. The van der Waals surface area contributed by atoms with Crippen LogP contribution >= 0.6 is 0 Å². The van der Waals surface area contributed by atoms with Gasteiger partial charge < -0.3 is 63.4 Å². The van der Waals surface area contributed by atoms with Crippen molar-refractivity contribution >= 4 is 5.97 Å². The number of hydrogen-bond acceptors (Lipinski definition) is 15. The Morgan fingerprint density at radius 1 is 0.968 bits per heavy atom. The highest BCUT2D eigenvalue weighted by Gasteiger charge is 2.53. The van der Waals surface area contributed by atoms with E-state index in [9.17, 15) is 38.4 Å². The van der Waals surface area contributed by atoms with Gasteiger partial charge in [-0.05, 0) is 101 Å². The number of alkyl halides is 3. The molecule has 3 saturated heterocycles. The standard InChI is InChI=1S/C44H74F3N3O12/c1-15-32-43(10,55)36(51)27(6)50(13)22-23(2)18-41(8,54)38(25(4)34(26(5)39(53)60-32)61-33-19-42(9,56-14)37(52)28(7)58-33)62-40-35(31(49(11)12)16-24(3)57-40)59-30-17-29(20-48-21-30)44(45,46)47/h17,20-21,23-28,31-38,40,51-52,54-55H,15-16,18-19,22H2,1-14H3/t23-,24-,25+,26-,27-,28+,31+,32-,33+,34+,35-,36-,37+,38-,40+,41-,42-,43-/m1/s1. The van der Waals surface area contributed by atoms with Crippen molar-refractivity contribution in [2.75, 3.05) is 34.8 Å². The Hall–Kier alpha value is -2.23. The summed E-state index contributed by atoms with van der Waals surface area (Å²) in [5.41, 5.74) is -5.70. The number of likely N-dealkylation sites (N-methyl/N-ethyl adjacent to an activating group) is 2. The highest BCUT2D eigenvalue weighted by molar-refractivity contribution is 5.73. The lowest BCUT2D eigenvalue weighted by atomic mass is 9.77. The predicted octanol–water partition coefficient (Wildman–Crippen LogP) is 4.40. The van der Waals surface area contributed by atoms with Gasteiger partial charge in [-0.25, -0.2) is 0 Å². The number of methoxy groups -OCH3 is 1. The molecule has 0 saturated carbocycles. The molecular weight excluding hydrogens is 819 g/mol. The normalized spacial score (nSPS) is 43.7. The van der Waals surface area contributed by atoms with Crippen LogP contribution in [0.3, 0.4) is 0 Å². The number of carbonyl (C=O) groups is 1. The molecule has 15 nitrogen and oxygen atoms in total. The minimum absolute atomic E-state index is 0.0519. The largest absolute Gasteiger partial charge is 0.482 e. The second kappa shape index (κ2) is 20.5. The summed E-state index contributed by atoms with van der Waals surface area (Å²) in [5.74, 6) is -3.22. The molecule has 3 fully saturated rings. The number of cyclic esters (lactones) is 1. The fourth-order valence-corrected chi connectivity index (χ4v) is 9.64. The van der Waals surface area contributed by atoms with Crippen LogP contribution in [0.2, 0.25) is 0 Å². The van der Waals surface area contributed by atoms with Crippen molar-refractivity contribution in [3.8, 4) is 5.75 Å². The zero-order valence-corrected chi connectivity index (χ0v) is 39.0. The number of halogens is 3. The molecule has 18 atom stereocenters. The number of aromatic nitrogens is 1. The van der Waals surface area contributed by atoms with Gasteiger partial charge in [0, 0.05) is 38.2 Å². The molecule has 4 rings (SSSR count). The third-order valence-corrected chi connectivity index (χ3v) is 13.5. The molecule has 358 valence electrons. The average Bonchev–Trinajstić information content (AvgIpc) is 3.18. The van der Waals surface area contributed by atoms with Crippen molar-refractivity contribution in [3.05, 3.63) is 24.0 Å². The van der Waals surface area contributed by atoms with Gasteiger partial charge in [-0.3, -0.25) is 9.78 Å². The number of rotatable bonds is 9. The van der Waals surface area contributed by atoms with Gasteiger partial charge in [-0.2, -0.15) is 13.2 Å². The first-order chi connectivity index (χ1) is 28.6. The van der Waals surface area contributed by atoms with Crippen molar-refractivity contribution in [2.45, 2.75) is 191 Å². The number of aliphatic hydroxyl groups is 4. The molecule has 0 radical (unpaired) electrons. The lowest BCUT2D eigenvalue weighted by Crippen LogP contribution is -2.61. The predicted molar refractivity (Wildman–Crippen MR) is 222 cm³/mol. The highest BCUT2D eigenvalue weighted by Crippen LogP contribution is 2.41. The Bertz CT molecular complexity index is 1610. The van der Waals surface area contributed by atoms with E-state index in [4.69, 9.17) is 33.2 Å². The van der Waals surface area contributed by atoms with E-state index in [2.05, 4.69) is 4.98 Å². The Labute approximate surface area is 365 Å². The minimum Gasteiger partial charge on any atom is -0.482 e. The van der Waals surface area contributed by atoms with Crippen molar-refractivity contribution in [1.29, 1.82) is 0 Å². The summed E-state index contributed by atoms with van der Waals surface area (Å²) < 4.78 is 86.0. The number of esters is 1. The zero-order chi connectivity index (χ0) is 46.9. The fourth-order valence-electron chi connectivity index (χ4n) is 9.64. The molecule has 1 aromatic rings. The van der Waals surface area contributed by atoms with E-state index >= 15 is 0 Å². The summed E-state index contributed by atoms with van der Waals surface area (Å²) in [4.78, 5) is 22.0. The van der Waals surface area contributed by atoms with Crippen LogP contribution < -0.4 is 4.74 Å². The first-order valence-electron chi connectivity index (χ1n) is 21.8. The van der Waals surface area contributed by atoms with Gasteiger partial charge in [-0.15, -0.1) is 0 Å². The van der Waals surface area contributed by atoms with Crippen molar-refractivity contribution < 1.29 is 71.5 Å². The van der Waals surface area contributed by atoms with Crippen LogP contribution in [0.5, 0.6) is 5.75 Å². The van der Waals surface area contributed by atoms with Gasteiger partial charge in [0.2, 0.25) is 0 Å². The number of hydrogen-bond donors (Lipinski definition) is 4. The van der Waals surface area contributed by atoms with E-state index in [0.717, 1.165) is 6.07 Å². The molecular formula is C44H74F3N3O12. The maximum absolute atomic E-state index is 14.4. The Kier molecular flexibility index (Phi) is 17.3. The Morgan fingerprint density at radius 2 is 1.61 bits per heavy atom. The molecule has 3 aliphatic heterocycles. The van der Waals surface area contributed by atoms with Crippen LogP contribution in [0.4, 0.5) is 13.2 Å². The van der Waals surface area contributed by atoms with Gasteiger partial charge in [0.05, 0.1) is 59.3 Å². The number of aliphatic hydroxyl groups excluding tert-OH is 2. The van der Waals surface area contributed by atoms with Crippen LogP contribution in [-0.4, -0.2) is 166 Å². The summed E-state index contributed by atoms with van der Waals surface area (Å²) >= 11 is 0. The molecule has 0 aliphatic carbocycles. The Balaban J connectivity index is 1.89. The molecule has 0 spiro atoms. The van der Waals surface area contributed by atoms with Gasteiger partial charge >= 0.3 is 12.1 Å². The van der Waals surface area contributed by atoms with Crippen LogP contribution in [0, 0.1) is 17.8 Å². The maximum atomic E-state index is 14.4. The quantitative estimate of drug-likeness (QED) is 0.256. The monoisotopic (exact) mass is 894 g/mol. The van der Waals surface area contributed by atoms with E-state index in [1.165, 1.54) is 20.2 Å². The molecule has 0 unspecified atom stereocenters. The lowest BCUT2D eigenvalue weighted by Gasteiger charge is -2.49. The summed E-state index contributed by atoms with van der Waals surface area (Å²) in [7, 11) is 6.89. The van der Waals surface area contributed by atoms with Crippen molar-refractivity contribution in [3.63, 3.8) is 0 Å². The van der Waals surface area contributed by atoms with Gasteiger partial charge in [0.15, 0.2) is 18.7 Å².